The van der Waals surface area contributed by atoms with Crippen LogP contribution in [-0.2, 0) is 11.3 Å². The average Bonchev–Trinajstić information content (AvgIpc) is 2.63. The Morgan fingerprint density at radius 3 is 3.07 bits per heavy atom. The number of carbonyl (C=O) groups excluding carboxylic acids is 1. The number of aryl methyl sites for hydroxylation is 1. The van der Waals surface area contributed by atoms with E-state index in [0.717, 1.165) is 17.4 Å². The zero-order valence-corrected chi connectivity index (χ0v) is 10.4. The summed E-state index contributed by atoms with van der Waals surface area (Å²) in [6.45, 7) is 3.20. The number of ether oxygens (including phenoxy) is 1. The Balaban J connectivity index is 2.54. The van der Waals surface area contributed by atoms with Gasteiger partial charge in [-0.1, -0.05) is 22.6 Å². The summed E-state index contributed by atoms with van der Waals surface area (Å²) in [6.07, 6.45) is 4.88. The normalized spacial score (nSPS) is 10.1. The van der Waals surface area contributed by atoms with E-state index in [2.05, 4.69) is 22.6 Å². The van der Waals surface area contributed by atoms with Crippen molar-refractivity contribution >= 4 is 28.6 Å². The summed E-state index contributed by atoms with van der Waals surface area (Å²) in [5.41, 5.74) is 0.639. The van der Waals surface area contributed by atoms with Crippen molar-refractivity contribution in [3.05, 3.63) is 24.0 Å². The number of nitrogens with zero attached hydrogens (tertiary/aromatic N) is 1. The third-order valence-corrected chi connectivity index (χ3v) is 2.57. The summed E-state index contributed by atoms with van der Waals surface area (Å²) in [5, 5.41) is 0. The van der Waals surface area contributed by atoms with Gasteiger partial charge in [0.05, 0.1) is 12.2 Å². The van der Waals surface area contributed by atoms with Gasteiger partial charge < -0.3 is 9.30 Å². The molecule has 0 saturated carbocycles. The first-order valence-corrected chi connectivity index (χ1v) is 6.19. The first-order chi connectivity index (χ1) is 6.77. The second kappa shape index (κ2) is 6.06. The molecule has 78 valence electrons. The van der Waals surface area contributed by atoms with Gasteiger partial charge in [0, 0.05) is 23.4 Å². The molecule has 3 nitrogen and oxygen atoms in total. The highest BCUT2D eigenvalue weighted by Crippen LogP contribution is 2.05. The molecule has 1 rings (SSSR count). The van der Waals surface area contributed by atoms with Crippen molar-refractivity contribution in [2.75, 3.05) is 11.0 Å². The number of rotatable bonds is 5. The third kappa shape index (κ3) is 3.32. The van der Waals surface area contributed by atoms with Crippen LogP contribution in [0.2, 0.25) is 0 Å². The monoisotopic (exact) mass is 307 g/mol. The molecule has 0 saturated heterocycles. The summed E-state index contributed by atoms with van der Waals surface area (Å²) in [5.74, 6) is -0.235. The Morgan fingerprint density at radius 1 is 1.64 bits per heavy atom. The molecule has 14 heavy (non-hydrogen) atoms. The van der Waals surface area contributed by atoms with Gasteiger partial charge in [0.1, 0.15) is 0 Å². The van der Waals surface area contributed by atoms with Gasteiger partial charge in [-0.3, -0.25) is 0 Å². The average molecular weight is 307 g/mol. The van der Waals surface area contributed by atoms with E-state index in [-0.39, 0.29) is 5.97 Å². The predicted molar refractivity (Wildman–Crippen MR) is 63.9 cm³/mol. The molecule has 0 N–H and O–H groups in total. The van der Waals surface area contributed by atoms with Crippen LogP contribution in [0.1, 0.15) is 23.7 Å². The lowest BCUT2D eigenvalue weighted by molar-refractivity contribution is 0.0526. The van der Waals surface area contributed by atoms with E-state index in [4.69, 9.17) is 4.74 Å². The number of carbonyl (C=O) groups is 1. The van der Waals surface area contributed by atoms with E-state index >= 15 is 0 Å². The summed E-state index contributed by atoms with van der Waals surface area (Å²) >= 11 is 2.34. The molecule has 0 bridgehead atoms. The second-order valence-corrected chi connectivity index (χ2v) is 3.98. The SMILES string of the molecule is CCOC(=O)c1ccn(CCCI)c1. The number of esters is 1. The van der Waals surface area contributed by atoms with Gasteiger partial charge in [-0.05, 0) is 19.4 Å². The van der Waals surface area contributed by atoms with Crippen molar-refractivity contribution in [3.63, 3.8) is 0 Å². The van der Waals surface area contributed by atoms with Crippen molar-refractivity contribution < 1.29 is 9.53 Å². The lowest BCUT2D eigenvalue weighted by Crippen LogP contribution is -2.03. The topological polar surface area (TPSA) is 31.2 Å². The molecule has 1 heterocycles. The third-order valence-electron chi connectivity index (χ3n) is 1.81. The highest BCUT2D eigenvalue weighted by atomic mass is 127. The molecule has 0 amide bonds. The molecule has 0 aromatic carbocycles. The number of alkyl halides is 1. The minimum Gasteiger partial charge on any atom is -0.462 e. The minimum atomic E-state index is -0.235. The zero-order chi connectivity index (χ0) is 10.4. The molecular weight excluding hydrogens is 293 g/mol. The molecular formula is C10H14INO2. The zero-order valence-electron chi connectivity index (χ0n) is 8.20. The standard InChI is InChI=1S/C10H14INO2/c1-2-14-10(13)9-4-7-12(8-9)6-3-5-11/h4,7-8H,2-3,5-6H2,1H3. The first kappa shape index (κ1) is 11.6. The smallest absolute Gasteiger partial charge is 0.339 e. The van der Waals surface area contributed by atoms with Gasteiger partial charge in [0.2, 0.25) is 0 Å². The maximum Gasteiger partial charge on any atom is 0.339 e. The number of aromatic nitrogens is 1. The molecule has 0 aliphatic carbocycles. The Morgan fingerprint density at radius 2 is 2.43 bits per heavy atom. The van der Waals surface area contributed by atoms with Gasteiger partial charge in [-0.2, -0.15) is 0 Å². The predicted octanol–water partition coefficient (Wildman–Crippen LogP) is 2.49. The van der Waals surface area contributed by atoms with Crippen LogP contribution >= 0.6 is 22.6 Å². The van der Waals surface area contributed by atoms with Crippen LogP contribution in [0, 0.1) is 0 Å². The van der Waals surface area contributed by atoms with Crippen LogP contribution < -0.4 is 0 Å². The Bertz CT molecular complexity index is 296. The molecule has 0 atom stereocenters. The fourth-order valence-corrected chi connectivity index (χ4v) is 1.50. The fraction of sp³-hybridized carbons (Fsp3) is 0.500. The molecule has 0 aliphatic heterocycles. The van der Waals surface area contributed by atoms with Gasteiger partial charge >= 0.3 is 5.97 Å². The largest absolute Gasteiger partial charge is 0.462 e. The number of hydrogen-bond acceptors (Lipinski definition) is 2. The van der Waals surface area contributed by atoms with Crippen molar-refractivity contribution in [1.29, 1.82) is 0 Å². The molecule has 0 spiro atoms. The molecule has 0 radical (unpaired) electrons. The van der Waals surface area contributed by atoms with Gasteiger partial charge in [0.15, 0.2) is 0 Å². The van der Waals surface area contributed by atoms with E-state index in [0.29, 0.717) is 12.2 Å². The maximum atomic E-state index is 11.3. The molecule has 0 unspecified atom stereocenters. The fourth-order valence-electron chi connectivity index (χ4n) is 1.16. The van der Waals surface area contributed by atoms with E-state index < -0.39 is 0 Å². The summed E-state index contributed by atoms with van der Waals surface area (Å²) in [7, 11) is 0. The molecule has 1 aromatic heterocycles. The van der Waals surface area contributed by atoms with E-state index in [1.165, 1.54) is 0 Å². The van der Waals surface area contributed by atoms with Gasteiger partial charge in [-0.15, -0.1) is 0 Å². The number of halogens is 1. The van der Waals surface area contributed by atoms with Crippen LogP contribution in [0.5, 0.6) is 0 Å². The van der Waals surface area contributed by atoms with Crippen molar-refractivity contribution in [3.8, 4) is 0 Å². The Kier molecular flexibility index (Phi) is 5.00. The summed E-state index contributed by atoms with van der Waals surface area (Å²) in [4.78, 5) is 11.3. The lowest BCUT2D eigenvalue weighted by Gasteiger charge is -1.99. The van der Waals surface area contributed by atoms with Crippen LogP contribution in [-0.4, -0.2) is 21.6 Å². The highest BCUT2D eigenvalue weighted by molar-refractivity contribution is 14.1. The van der Waals surface area contributed by atoms with E-state index in [1.807, 2.05) is 23.9 Å². The van der Waals surface area contributed by atoms with Crippen molar-refractivity contribution in [2.45, 2.75) is 19.9 Å². The highest BCUT2D eigenvalue weighted by Gasteiger charge is 2.07. The number of hydrogen-bond donors (Lipinski definition) is 0. The van der Waals surface area contributed by atoms with Crippen LogP contribution in [0.15, 0.2) is 18.5 Å². The van der Waals surface area contributed by atoms with E-state index in [1.54, 1.807) is 6.07 Å². The summed E-state index contributed by atoms with van der Waals surface area (Å²) in [6, 6.07) is 1.80. The van der Waals surface area contributed by atoms with Gasteiger partial charge in [-0.25, -0.2) is 4.79 Å². The molecule has 0 aliphatic rings. The van der Waals surface area contributed by atoms with Crippen LogP contribution in [0.3, 0.4) is 0 Å². The molecule has 0 fully saturated rings. The van der Waals surface area contributed by atoms with Crippen molar-refractivity contribution in [2.24, 2.45) is 0 Å². The Hall–Kier alpha value is -0.520. The second-order valence-electron chi connectivity index (χ2n) is 2.90. The minimum absolute atomic E-state index is 0.235. The Labute approximate surface area is 97.6 Å². The van der Waals surface area contributed by atoms with Crippen LogP contribution in [0.4, 0.5) is 0 Å². The first-order valence-electron chi connectivity index (χ1n) is 4.66. The van der Waals surface area contributed by atoms with Crippen LogP contribution in [0.25, 0.3) is 0 Å². The molecule has 4 heteroatoms. The molecule has 1 aromatic rings. The van der Waals surface area contributed by atoms with Crippen molar-refractivity contribution in [1.82, 2.24) is 4.57 Å². The van der Waals surface area contributed by atoms with E-state index in [9.17, 15) is 4.79 Å². The summed E-state index contributed by atoms with van der Waals surface area (Å²) < 4.78 is 8.04. The van der Waals surface area contributed by atoms with Gasteiger partial charge in [0.25, 0.3) is 0 Å². The lowest BCUT2D eigenvalue weighted by atomic mass is 10.3. The maximum absolute atomic E-state index is 11.3. The quantitative estimate of drug-likeness (QED) is 0.475.